The Hall–Kier alpha value is -1.36. The highest BCUT2D eigenvalue weighted by Crippen LogP contribution is 2.23. The van der Waals surface area contributed by atoms with E-state index in [0.717, 1.165) is 27.2 Å². The largest absolute Gasteiger partial charge is 0.387 e. The molecule has 84 valence electrons. The Morgan fingerprint density at radius 1 is 1.31 bits per heavy atom. The lowest BCUT2D eigenvalue weighted by molar-refractivity contribution is 0.828. The molecule has 0 aliphatic rings. The van der Waals surface area contributed by atoms with Gasteiger partial charge in [-0.2, -0.15) is 5.10 Å². The molecule has 0 bridgehead atoms. The minimum Gasteiger partial charge on any atom is -0.387 e. The molecule has 1 N–H and O–H groups in total. The van der Waals surface area contributed by atoms with E-state index in [1.807, 2.05) is 31.6 Å². The molecule has 4 nitrogen and oxygen atoms in total. The molecule has 0 unspecified atom stereocenters. The van der Waals surface area contributed by atoms with Gasteiger partial charge in [-0.25, -0.2) is 4.68 Å². The molecule has 0 saturated heterocycles. The topological polar surface area (TPSA) is 42.7 Å². The number of anilines is 1. The monoisotopic (exact) mass is 280 g/mol. The number of pyridine rings is 1. The van der Waals surface area contributed by atoms with Crippen molar-refractivity contribution in [2.75, 3.05) is 12.4 Å². The third kappa shape index (κ3) is 1.82. The van der Waals surface area contributed by atoms with Gasteiger partial charge in [0.05, 0.1) is 39.6 Å². The van der Waals surface area contributed by atoms with Crippen LogP contribution in [0.5, 0.6) is 0 Å². The zero-order chi connectivity index (χ0) is 11.7. The van der Waals surface area contributed by atoms with Crippen molar-refractivity contribution in [1.29, 1.82) is 0 Å². The van der Waals surface area contributed by atoms with Gasteiger partial charge in [0, 0.05) is 7.05 Å². The van der Waals surface area contributed by atoms with Gasteiger partial charge in [-0.15, -0.1) is 0 Å². The molecule has 0 aliphatic carbocycles. The Labute approximate surface area is 103 Å². The lowest BCUT2D eigenvalue weighted by atomic mass is 10.3. The molecular weight excluding hydrogens is 268 g/mol. The second-order valence-electron chi connectivity index (χ2n) is 3.58. The first-order chi connectivity index (χ1) is 7.63. The molecule has 2 heterocycles. The van der Waals surface area contributed by atoms with E-state index in [-0.39, 0.29) is 0 Å². The highest BCUT2D eigenvalue weighted by molar-refractivity contribution is 9.10. The van der Waals surface area contributed by atoms with Crippen LogP contribution in [0, 0.1) is 13.8 Å². The number of hydrogen-bond donors (Lipinski definition) is 1. The van der Waals surface area contributed by atoms with Crippen molar-refractivity contribution in [3.8, 4) is 5.69 Å². The summed E-state index contributed by atoms with van der Waals surface area (Å²) in [5.74, 6) is 0. The Kier molecular flexibility index (Phi) is 2.96. The first-order valence-corrected chi connectivity index (χ1v) is 5.77. The zero-order valence-electron chi connectivity index (χ0n) is 9.45. The summed E-state index contributed by atoms with van der Waals surface area (Å²) in [6.45, 7) is 4.00. The van der Waals surface area contributed by atoms with Crippen LogP contribution >= 0.6 is 15.9 Å². The highest BCUT2D eigenvalue weighted by Gasteiger charge is 2.10. The second-order valence-corrected chi connectivity index (χ2v) is 4.37. The number of rotatable bonds is 2. The average molecular weight is 281 g/mol. The first kappa shape index (κ1) is 11.1. The summed E-state index contributed by atoms with van der Waals surface area (Å²) >= 11 is 3.51. The number of halogens is 1. The van der Waals surface area contributed by atoms with Gasteiger partial charge in [-0.05, 0) is 35.8 Å². The summed E-state index contributed by atoms with van der Waals surface area (Å²) in [7, 11) is 1.87. The van der Waals surface area contributed by atoms with Crippen molar-refractivity contribution < 1.29 is 0 Å². The average Bonchev–Trinajstić information content (AvgIpc) is 2.57. The number of hydrogen-bond acceptors (Lipinski definition) is 3. The van der Waals surface area contributed by atoms with Crippen LogP contribution in [0.1, 0.15) is 11.4 Å². The van der Waals surface area contributed by atoms with Crippen LogP contribution in [0.25, 0.3) is 5.69 Å². The van der Waals surface area contributed by atoms with Gasteiger partial charge in [0.25, 0.3) is 0 Å². The predicted octanol–water partition coefficient (Wildman–Crippen LogP) is 2.69. The van der Waals surface area contributed by atoms with E-state index in [4.69, 9.17) is 0 Å². The molecule has 0 spiro atoms. The maximum absolute atomic E-state index is 4.46. The van der Waals surface area contributed by atoms with E-state index in [1.54, 1.807) is 12.4 Å². The molecule has 0 aromatic carbocycles. The Morgan fingerprint density at radius 2 is 2.06 bits per heavy atom. The fourth-order valence-electron chi connectivity index (χ4n) is 1.56. The summed E-state index contributed by atoms with van der Waals surface area (Å²) < 4.78 is 2.93. The predicted molar refractivity (Wildman–Crippen MR) is 68.1 cm³/mol. The fourth-order valence-corrected chi connectivity index (χ4v) is 1.80. The normalized spacial score (nSPS) is 10.5. The van der Waals surface area contributed by atoms with Crippen molar-refractivity contribution in [1.82, 2.24) is 14.8 Å². The minimum atomic E-state index is 0.957. The van der Waals surface area contributed by atoms with Gasteiger partial charge < -0.3 is 5.32 Å². The van der Waals surface area contributed by atoms with Crippen LogP contribution in [0.2, 0.25) is 0 Å². The molecule has 2 rings (SSSR count). The first-order valence-electron chi connectivity index (χ1n) is 4.98. The molecule has 0 atom stereocenters. The molecule has 2 aromatic heterocycles. The SMILES string of the molecule is CNc1cncc(-n2nc(C)c(Br)c2C)c1. The van der Waals surface area contributed by atoms with Crippen LogP contribution in [0.15, 0.2) is 22.9 Å². The van der Waals surface area contributed by atoms with E-state index in [0.29, 0.717) is 0 Å². The molecule has 2 aromatic rings. The Balaban J connectivity index is 2.54. The van der Waals surface area contributed by atoms with E-state index >= 15 is 0 Å². The lowest BCUT2D eigenvalue weighted by Crippen LogP contribution is -2.01. The van der Waals surface area contributed by atoms with Crippen molar-refractivity contribution in [2.24, 2.45) is 0 Å². The smallest absolute Gasteiger partial charge is 0.0852 e. The summed E-state index contributed by atoms with van der Waals surface area (Å²) in [6, 6.07) is 2.01. The Morgan fingerprint density at radius 3 is 2.62 bits per heavy atom. The Bertz CT molecular complexity index is 519. The molecule has 0 aliphatic heterocycles. The van der Waals surface area contributed by atoms with Crippen LogP contribution in [-0.4, -0.2) is 21.8 Å². The standard InChI is InChI=1S/C11H13BrN4/c1-7-11(12)8(2)16(15-7)10-4-9(13-3)5-14-6-10/h4-6,13H,1-3H3. The highest BCUT2D eigenvalue weighted by atomic mass is 79.9. The van der Waals surface area contributed by atoms with Crippen LogP contribution in [0.4, 0.5) is 5.69 Å². The quantitative estimate of drug-likeness (QED) is 0.920. The van der Waals surface area contributed by atoms with Gasteiger partial charge in [0.1, 0.15) is 0 Å². The summed E-state index contributed by atoms with van der Waals surface area (Å²) in [6.07, 6.45) is 3.58. The van der Waals surface area contributed by atoms with E-state index < -0.39 is 0 Å². The molecule has 0 fully saturated rings. The molecule has 0 saturated carbocycles. The third-order valence-electron chi connectivity index (χ3n) is 2.46. The van der Waals surface area contributed by atoms with Gasteiger partial charge >= 0.3 is 0 Å². The van der Waals surface area contributed by atoms with Crippen LogP contribution < -0.4 is 5.32 Å². The summed E-state index contributed by atoms with van der Waals surface area (Å²) in [5, 5.41) is 7.52. The maximum Gasteiger partial charge on any atom is 0.0852 e. The number of aromatic nitrogens is 3. The van der Waals surface area contributed by atoms with Crippen molar-refractivity contribution in [3.05, 3.63) is 34.3 Å². The number of nitrogens with zero attached hydrogens (tertiary/aromatic N) is 3. The van der Waals surface area contributed by atoms with Gasteiger partial charge in [0.15, 0.2) is 0 Å². The lowest BCUT2D eigenvalue weighted by Gasteiger charge is -2.06. The van der Waals surface area contributed by atoms with E-state index in [2.05, 4.69) is 31.3 Å². The number of aryl methyl sites for hydroxylation is 1. The molecule has 0 amide bonds. The van der Waals surface area contributed by atoms with Crippen molar-refractivity contribution in [3.63, 3.8) is 0 Å². The van der Waals surface area contributed by atoms with Gasteiger partial charge in [0.2, 0.25) is 0 Å². The van der Waals surface area contributed by atoms with Crippen LogP contribution in [-0.2, 0) is 0 Å². The van der Waals surface area contributed by atoms with Gasteiger partial charge in [-0.1, -0.05) is 0 Å². The van der Waals surface area contributed by atoms with Crippen molar-refractivity contribution >= 4 is 21.6 Å². The fraction of sp³-hybridized carbons (Fsp3) is 0.273. The molecule has 16 heavy (non-hydrogen) atoms. The molecule has 5 heteroatoms. The van der Waals surface area contributed by atoms with E-state index in [9.17, 15) is 0 Å². The van der Waals surface area contributed by atoms with Crippen molar-refractivity contribution in [2.45, 2.75) is 13.8 Å². The summed E-state index contributed by atoms with van der Waals surface area (Å²) in [4.78, 5) is 4.17. The minimum absolute atomic E-state index is 0.957. The second kappa shape index (κ2) is 4.25. The maximum atomic E-state index is 4.46. The zero-order valence-corrected chi connectivity index (χ0v) is 11.0. The van der Waals surface area contributed by atoms with Crippen LogP contribution in [0.3, 0.4) is 0 Å². The number of nitrogens with one attached hydrogen (secondary N) is 1. The van der Waals surface area contributed by atoms with Gasteiger partial charge in [-0.3, -0.25) is 4.98 Å². The molecule has 0 radical (unpaired) electrons. The summed E-state index contributed by atoms with van der Waals surface area (Å²) in [5.41, 5.74) is 3.99. The van der Waals surface area contributed by atoms with E-state index in [1.165, 1.54) is 0 Å². The third-order valence-corrected chi connectivity index (χ3v) is 3.61. The molecular formula is C11H13BrN4.